The molecule has 1 aliphatic heterocycles. The summed E-state index contributed by atoms with van der Waals surface area (Å²) in [7, 11) is 0. The van der Waals surface area contributed by atoms with E-state index in [1.54, 1.807) is 16.5 Å². The lowest BCUT2D eigenvalue weighted by molar-refractivity contribution is 0.0220. The maximum absolute atomic E-state index is 12.3. The Morgan fingerprint density at radius 1 is 1.33 bits per heavy atom. The van der Waals surface area contributed by atoms with Crippen LogP contribution in [-0.2, 0) is 29.0 Å². The summed E-state index contributed by atoms with van der Waals surface area (Å²) in [6.45, 7) is 9.07. The molecule has 0 aromatic carbocycles. The van der Waals surface area contributed by atoms with Crippen LogP contribution in [0.3, 0.4) is 0 Å². The Morgan fingerprint density at radius 2 is 2.04 bits per heavy atom. The van der Waals surface area contributed by atoms with Crippen LogP contribution in [0.5, 0.6) is 0 Å². The van der Waals surface area contributed by atoms with Crippen molar-refractivity contribution in [1.29, 1.82) is 0 Å². The maximum Gasteiger partial charge on any atom is 0.410 e. The van der Waals surface area contributed by atoms with Crippen molar-refractivity contribution >= 4 is 12.1 Å². The molecular weight excluding hydrogens is 312 g/mol. The van der Waals surface area contributed by atoms with Crippen LogP contribution in [0.2, 0.25) is 0 Å². The van der Waals surface area contributed by atoms with Gasteiger partial charge in [0, 0.05) is 25.1 Å². The number of esters is 1. The van der Waals surface area contributed by atoms with E-state index >= 15 is 0 Å². The summed E-state index contributed by atoms with van der Waals surface area (Å²) in [5.41, 5.74) is 6.96. The van der Waals surface area contributed by atoms with Gasteiger partial charge in [0.05, 0.1) is 25.4 Å². The van der Waals surface area contributed by atoms with Crippen molar-refractivity contribution in [3.63, 3.8) is 0 Å². The van der Waals surface area contributed by atoms with E-state index in [2.05, 4.69) is 5.10 Å². The largest absolute Gasteiger partial charge is 0.461 e. The Balaban J connectivity index is 2.28. The number of amides is 1. The predicted molar refractivity (Wildman–Crippen MR) is 87.6 cm³/mol. The van der Waals surface area contributed by atoms with Crippen molar-refractivity contribution in [2.75, 3.05) is 19.7 Å². The standard InChI is InChI=1S/C16H26N4O4/c1-5-23-14(21)13-11-10-19(15(22)24-16(2,3)4)8-6-12(11)18-20(13)9-7-17/h5-10,17H2,1-4H3. The number of nitrogens with two attached hydrogens (primary N) is 1. The third-order valence-corrected chi connectivity index (χ3v) is 3.56. The van der Waals surface area contributed by atoms with Gasteiger partial charge in [-0.1, -0.05) is 0 Å². The van der Waals surface area contributed by atoms with Crippen molar-refractivity contribution in [2.45, 2.75) is 52.8 Å². The molecule has 8 nitrogen and oxygen atoms in total. The SMILES string of the molecule is CCOC(=O)c1c2c(nn1CCN)CCN(C(=O)OC(C)(C)C)C2. The normalized spacial score (nSPS) is 14.3. The van der Waals surface area contributed by atoms with Crippen molar-refractivity contribution in [3.05, 3.63) is 17.0 Å². The molecule has 0 radical (unpaired) electrons. The molecule has 1 amide bonds. The second-order valence-electron chi connectivity index (χ2n) is 6.66. The molecule has 0 fully saturated rings. The number of aromatic nitrogens is 2. The van der Waals surface area contributed by atoms with E-state index in [-0.39, 0.29) is 13.2 Å². The highest BCUT2D eigenvalue weighted by molar-refractivity contribution is 5.90. The Morgan fingerprint density at radius 3 is 2.62 bits per heavy atom. The average Bonchev–Trinajstić information content (AvgIpc) is 2.83. The van der Waals surface area contributed by atoms with Crippen LogP contribution >= 0.6 is 0 Å². The van der Waals surface area contributed by atoms with E-state index < -0.39 is 17.7 Å². The quantitative estimate of drug-likeness (QED) is 0.831. The molecule has 2 rings (SSSR count). The molecule has 1 aromatic heterocycles. The van der Waals surface area contributed by atoms with Gasteiger partial charge in [-0.25, -0.2) is 9.59 Å². The molecule has 0 aliphatic carbocycles. The van der Waals surface area contributed by atoms with Crippen molar-refractivity contribution in [1.82, 2.24) is 14.7 Å². The highest BCUT2D eigenvalue weighted by Gasteiger charge is 2.32. The van der Waals surface area contributed by atoms with Gasteiger partial charge in [0.2, 0.25) is 0 Å². The summed E-state index contributed by atoms with van der Waals surface area (Å²) in [5, 5.41) is 4.47. The monoisotopic (exact) mass is 338 g/mol. The number of nitrogens with zero attached hydrogens (tertiary/aromatic N) is 3. The third kappa shape index (κ3) is 4.05. The van der Waals surface area contributed by atoms with Gasteiger partial charge in [-0.2, -0.15) is 5.10 Å². The first kappa shape index (κ1) is 18.3. The number of hydrogen-bond acceptors (Lipinski definition) is 6. The molecule has 0 unspecified atom stereocenters. The van der Waals surface area contributed by atoms with Gasteiger partial charge < -0.3 is 20.1 Å². The van der Waals surface area contributed by atoms with Gasteiger partial charge in [-0.05, 0) is 27.7 Å². The number of carbonyl (C=O) groups excluding carboxylic acids is 2. The molecule has 8 heteroatoms. The lowest BCUT2D eigenvalue weighted by Gasteiger charge is -2.29. The first-order valence-electron chi connectivity index (χ1n) is 8.20. The smallest absolute Gasteiger partial charge is 0.410 e. The lowest BCUT2D eigenvalue weighted by Crippen LogP contribution is -2.40. The van der Waals surface area contributed by atoms with Gasteiger partial charge in [0.25, 0.3) is 0 Å². The third-order valence-electron chi connectivity index (χ3n) is 3.56. The second kappa shape index (κ2) is 7.21. The van der Waals surface area contributed by atoms with E-state index in [1.165, 1.54) is 0 Å². The summed E-state index contributed by atoms with van der Waals surface area (Å²) in [4.78, 5) is 26.2. The van der Waals surface area contributed by atoms with Crippen LogP contribution in [0.4, 0.5) is 4.79 Å². The molecule has 24 heavy (non-hydrogen) atoms. The van der Waals surface area contributed by atoms with Crippen LogP contribution in [-0.4, -0.2) is 52.0 Å². The summed E-state index contributed by atoms with van der Waals surface area (Å²) >= 11 is 0. The minimum atomic E-state index is -0.564. The Bertz CT molecular complexity index is 618. The van der Waals surface area contributed by atoms with Crippen LogP contribution in [0.15, 0.2) is 0 Å². The number of fused-ring (bicyclic) bond motifs is 1. The molecular formula is C16H26N4O4. The summed E-state index contributed by atoms with van der Waals surface area (Å²) in [5.74, 6) is -0.439. The number of carbonyl (C=O) groups is 2. The zero-order valence-electron chi connectivity index (χ0n) is 14.8. The molecule has 0 atom stereocenters. The minimum Gasteiger partial charge on any atom is -0.461 e. The molecule has 0 spiro atoms. The molecule has 2 heterocycles. The molecule has 134 valence electrons. The van der Waals surface area contributed by atoms with Gasteiger partial charge >= 0.3 is 12.1 Å². The second-order valence-corrected chi connectivity index (χ2v) is 6.66. The van der Waals surface area contributed by atoms with Crippen LogP contribution in [0.1, 0.15) is 49.4 Å². The number of hydrogen-bond donors (Lipinski definition) is 1. The van der Waals surface area contributed by atoms with Crippen LogP contribution in [0, 0.1) is 0 Å². The Labute approximate surface area is 141 Å². The summed E-state index contributed by atoms with van der Waals surface area (Å²) in [6, 6.07) is 0. The fourth-order valence-corrected chi connectivity index (χ4v) is 2.62. The topological polar surface area (TPSA) is 99.7 Å². The number of ether oxygens (including phenoxy) is 2. The summed E-state index contributed by atoms with van der Waals surface area (Å²) in [6.07, 6.45) is 0.174. The zero-order valence-corrected chi connectivity index (χ0v) is 14.8. The predicted octanol–water partition coefficient (Wildman–Crippen LogP) is 1.31. The van der Waals surface area contributed by atoms with E-state index in [0.29, 0.717) is 31.7 Å². The summed E-state index contributed by atoms with van der Waals surface area (Å²) < 4.78 is 12.1. The van der Waals surface area contributed by atoms with E-state index in [9.17, 15) is 9.59 Å². The van der Waals surface area contributed by atoms with Crippen LogP contribution < -0.4 is 5.73 Å². The Hall–Kier alpha value is -2.09. The van der Waals surface area contributed by atoms with E-state index in [4.69, 9.17) is 15.2 Å². The van der Waals surface area contributed by atoms with E-state index in [1.807, 2.05) is 20.8 Å². The highest BCUT2D eigenvalue weighted by Crippen LogP contribution is 2.24. The zero-order chi connectivity index (χ0) is 17.9. The number of rotatable bonds is 4. The first-order chi connectivity index (χ1) is 11.3. The van der Waals surface area contributed by atoms with Gasteiger partial charge in [0.1, 0.15) is 5.60 Å². The van der Waals surface area contributed by atoms with Crippen LogP contribution in [0.25, 0.3) is 0 Å². The molecule has 1 aromatic rings. The fourth-order valence-electron chi connectivity index (χ4n) is 2.62. The molecule has 0 saturated heterocycles. The Kier molecular flexibility index (Phi) is 5.48. The molecule has 0 saturated carbocycles. The average molecular weight is 338 g/mol. The molecule has 0 bridgehead atoms. The van der Waals surface area contributed by atoms with Crippen molar-refractivity contribution in [2.24, 2.45) is 5.73 Å². The fraction of sp³-hybridized carbons (Fsp3) is 0.688. The van der Waals surface area contributed by atoms with E-state index in [0.717, 1.165) is 11.3 Å². The lowest BCUT2D eigenvalue weighted by atomic mass is 10.1. The van der Waals surface area contributed by atoms with Gasteiger partial charge in [-0.3, -0.25) is 4.68 Å². The van der Waals surface area contributed by atoms with Crippen molar-refractivity contribution in [3.8, 4) is 0 Å². The highest BCUT2D eigenvalue weighted by atomic mass is 16.6. The van der Waals surface area contributed by atoms with Crippen molar-refractivity contribution < 1.29 is 19.1 Å². The minimum absolute atomic E-state index is 0.275. The maximum atomic E-state index is 12.3. The molecule has 2 N–H and O–H groups in total. The van der Waals surface area contributed by atoms with Gasteiger partial charge in [-0.15, -0.1) is 0 Å². The first-order valence-corrected chi connectivity index (χ1v) is 8.20. The molecule has 1 aliphatic rings. The van der Waals surface area contributed by atoms with Gasteiger partial charge in [0.15, 0.2) is 5.69 Å².